The molecule has 1 heterocycles. The van der Waals surface area contributed by atoms with Gasteiger partial charge in [0.1, 0.15) is 5.75 Å². The predicted octanol–water partition coefficient (Wildman–Crippen LogP) is 2.90. The minimum absolute atomic E-state index is 0.339. The first-order chi connectivity index (χ1) is 9.15. The van der Waals surface area contributed by atoms with Crippen molar-refractivity contribution in [3.8, 4) is 5.75 Å². The van der Waals surface area contributed by atoms with Crippen molar-refractivity contribution in [1.82, 2.24) is 4.90 Å². The number of hydrogen-bond donors (Lipinski definition) is 2. The van der Waals surface area contributed by atoms with Gasteiger partial charge in [-0.2, -0.15) is 0 Å². The average molecular weight is 262 g/mol. The van der Waals surface area contributed by atoms with Gasteiger partial charge in [0.15, 0.2) is 0 Å². The molecular weight excluding hydrogens is 236 g/mol. The summed E-state index contributed by atoms with van der Waals surface area (Å²) in [4.78, 5) is 2.56. The van der Waals surface area contributed by atoms with Gasteiger partial charge < -0.3 is 10.8 Å². The first-order valence-corrected chi connectivity index (χ1v) is 7.44. The molecule has 1 aromatic rings. The Labute approximate surface area is 116 Å². The van der Waals surface area contributed by atoms with Gasteiger partial charge in [0, 0.05) is 25.2 Å². The summed E-state index contributed by atoms with van der Waals surface area (Å²) in [6.45, 7) is 6.64. The van der Waals surface area contributed by atoms with Crippen LogP contribution in [-0.2, 0) is 0 Å². The maximum Gasteiger partial charge on any atom is 0.115 e. The van der Waals surface area contributed by atoms with Crippen LogP contribution in [0.25, 0.3) is 0 Å². The summed E-state index contributed by atoms with van der Waals surface area (Å²) in [5, 5.41) is 9.41. The van der Waals surface area contributed by atoms with Crippen LogP contribution < -0.4 is 5.73 Å². The highest BCUT2D eigenvalue weighted by molar-refractivity contribution is 5.28. The fourth-order valence-electron chi connectivity index (χ4n) is 3.19. The minimum Gasteiger partial charge on any atom is -0.508 e. The van der Waals surface area contributed by atoms with E-state index in [1.54, 1.807) is 12.1 Å². The van der Waals surface area contributed by atoms with Crippen molar-refractivity contribution in [2.45, 2.75) is 45.2 Å². The van der Waals surface area contributed by atoms with E-state index in [2.05, 4.69) is 18.7 Å². The molecule has 0 radical (unpaired) electrons. The molecule has 3 N–H and O–H groups in total. The number of piperidine rings is 1. The van der Waals surface area contributed by atoms with Crippen LogP contribution in [0, 0.1) is 5.92 Å². The smallest absolute Gasteiger partial charge is 0.115 e. The SMILES string of the molecule is CCC1CN(C(CC)c2ccc(O)cc2)CCC1N. The van der Waals surface area contributed by atoms with Crippen molar-refractivity contribution < 1.29 is 5.11 Å². The average Bonchev–Trinajstić information content (AvgIpc) is 2.43. The first-order valence-electron chi connectivity index (χ1n) is 7.44. The molecule has 0 spiro atoms. The number of nitrogens with zero attached hydrogens (tertiary/aromatic N) is 1. The molecule has 0 bridgehead atoms. The zero-order chi connectivity index (χ0) is 13.8. The number of aromatic hydroxyl groups is 1. The summed E-state index contributed by atoms with van der Waals surface area (Å²) in [5.41, 5.74) is 7.49. The summed E-state index contributed by atoms with van der Waals surface area (Å²) in [6.07, 6.45) is 3.34. The minimum atomic E-state index is 0.339. The summed E-state index contributed by atoms with van der Waals surface area (Å²) in [5.74, 6) is 0.950. The van der Waals surface area contributed by atoms with Gasteiger partial charge in [-0.15, -0.1) is 0 Å². The van der Waals surface area contributed by atoms with Crippen molar-refractivity contribution in [2.24, 2.45) is 11.7 Å². The Morgan fingerprint density at radius 3 is 2.58 bits per heavy atom. The quantitative estimate of drug-likeness (QED) is 0.877. The Bertz CT molecular complexity index is 390. The monoisotopic (exact) mass is 262 g/mol. The molecule has 106 valence electrons. The number of rotatable bonds is 4. The lowest BCUT2D eigenvalue weighted by Gasteiger charge is -2.41. The van der Waals surface area contributed by atoms with E-state index < -0.39 is 0 Å². The van der Waals surface area contributed by atoms with E-state index in [-0.39, 0.29) is 0 Å². The van der Waals surface area contributed by atoms with Crippen LogP contribution in [0.3, 0.4) is 0 Å². The van der Waals surface area contributed by atoms with Crippen molar-refractivity contribution in [3.63, 3.8) is 0 Å². The van der Waals surface area contributed by atoms with Crippen LogP contribution in [0.1, 0.15) is 44.7 Å². The van der Waals surface area contributed by atoms with E-state index in [1.807, 2.05) is 12.1 Å². The first kappa shape index (κ1) is 14.4. The highest BCUT2D eigenvalue weighted by atomic mass is 16.3. The molecule has 19 heavy (non-hydrogen) atoms. The molecule has 3 nitrogen and oxygen atoms in total. The van der Waals surface area contributed by atoms with E-state index >= 15 is 0 Å². The molecule has 3 heteroatoms. The molecule has 1 aliphatic heterocycles. The lowest BCUT2D eigenvalue weighted by atomic mass is 9.88. The zero-order valence-electron chi connectivity index (χ0n) is 12.0. The van der Waals surface area contributed by atoms with E-state index in [1.165, 1.54) is 5.56 Å². The van der Waals surface area contributed by atoms with E-state index in [0.717, 1.165) is 32.4 Å². The number of phenolic OH excluding ortho intramolecular Hbond substituents is 1. The number of nitrogens with two attached hydrogens (primary N) is 1. The topological polar surface area (TPSA) is 49.5 Å². The van der Waals surface area contributed by atoms with Crippen molar-refractivity contribution in [3.05, 3.63) is 29.8 Å². The molecular formula is C16H26N2O. The lowest BCUT2D eigenvalue weighted by Crippen LogP contribution is -2.47. The third-order valence-corrected chi connectivity index (χ3v) is 4.45. The Kier molecular flexibility index (Phi) is 4.83. The molecule has 0 amide bonds. The van der Waals surface area contributed by atoms with Crippen molar-refractivity contribution in [1.29, 1.82) is 0 Å². The summed E-state index contributed by atoms with van der Waals surface area (Å²) in [6, 6.07) is 8.45. The number of benzene rings is 1. The van der Waals surface area contributed by atoms with Gasteiger partial charge in [0.2, 0.25) is 0 Å². The van der Waals surface area contributed by atoms with E-state index in [0.29, 0.717) is 23.8 Å². The normalized spacial score (nSPS) is 26.3. The second-order valence-electron chi connectivity index (χ2n) is 5.63. The fourth-order valence-corrected chi connectivity index (χ4v) is 3.19. The van der Waals surface area contributed by atoms with Crippen LogP contribution >= 0.6 is 0 Å². The van der Waals surface area contributed by atoms with Gasteiger partial charge >= 0.3 is 0 Å². The third kappa shape index (κ3) is 3.28. The standard InChI is InChI=1S/C16H26N2O/c1-3-12-11-18(10-9-15(12)17)16(4-2)13-5-7-14(19)8-6-13/h5-8,12,15-16,19H,3-4,9-11,17H2,1-2H3. The van der Waals surface area contributed by atoms with Crippen LogP contribution in [0.4, 0.5) is 0 Å². The molecule has 1 fully saturated rings. The van der Waals surface area contributed by atoms with Crippen LogP contribution in [0.15, 0.2) is 24.3 Å². The van der Waals surface area contributed by atoms with Gasteiger partial charge in [0.05, 0.1) is 0 Å². The maximum absolute atomic E-state index is 9.41. The van der Waals surface area contributed by atoms with Crippen LogP contribution in [0.5, 0.6) is 5.75 Å². The molecule has 1 aliphatic rings. The Hall–Kier alpha value is -1.06. The van der Waals surface area contributed by atoms with Gasteiger partial charge in [-0.1, -0.05) is 32.4 Å². The summed E-state index contributed by atoms with van der Waals surface area (Å²) < 4.78 is 0. The highest BCUT2D eigenvalue weighted by Crippen LogP contribution is 2.30. The molecule has 0 saturated carbocycles. The third-order valence-electron chi connectivity index (χ3n) is 4.45. The Morgan fingerprint density at radius 2 is 2.00 bits per heavy atom. The van der Waals surface area contributed by atoms with Crippen molar-refractivity contribution in [2.75, 3.05) is 13.1 Å². The lowest BCUT2D eigenvalue weighted by molar-refractivity contribution is 0.104. The number of hydrogen-bond acceptors (Lipinski definition) is 3. The molecule has 1 saturated heterocycles. The Morgan fingerprint density at radius 1 is 1.32 bits per heavy atom. The van der Waals surface area contributed by atoms with Gasteiger partial charge in [-0.25, -0.2) is 0 Å². The second kappa shape index (κ2) is 6.40. The second-order valence-corrected chi connectivity index (χ2v) is 5.63. The van der Waals surface area contributed by atoms with Gasteiger partial charge in [-0.3, -0.25) is 4.90 Å². The van der Waals surface area contributed by atoms with Crippen LogP contribution in [-0.4, -0.2) is 29.1 Å². The summed E-state index contributed by atoms with van der Waals surface area (Å²) in [7, 11) is 0. The Balaban J connectivity index is 2.11. The molecule has 3 atom stereocenters. The van der Waals surface area contributed by atoms with Gasteiger partial charge in [0.25, 0.3) is 0 Å². The molecule has 2 rings (SSSR count). The molecule has 0 aromatic heterocycles. The zero-order valence-corrected chi connectivity index (χ0v) is 12.0. The fraction of sp³-hybridized carbons (Fsp3) is 0.625. The molecule has 3 unspecified atom stereocenters. The highest BCUT2D eigenvalue weighted by Gasteiger charge is 2.29. The van der Waals surface area contributed by atoms with Crippen LogP contribution in [0.2, 0.25) is 0 Å². The predicted molar refractivity (Wildman–Crippen MR) is 79.1 cm³/mol. The van der Waals surface area contributed by atoms with Gasteiger partial charge in [-0.05, 0) is 36.5 Å². The molecule has 0 aliphatic carbocycles. The maximum atomic E-state index is 9.41. The summed E-state index contributed by atoms with van der Waals surface area (Å²) >= 11 is 0. The van der Waals surface area contributed by atoms with E-state index in [4.69, 9.17) is 5.73 Å². The largest absolute Gasteiger partial charge is 0.508 e. The molecule has 1 aromatic carbocycles. The number of likely N-dealkylation sites (tertiary alicyclic amines) is 1. The van der Waals surface area contributed by atoms with Crippen molar-refractivity contribution >= 4 is 0 Å². The van der Waals surface area contributed by atoms with E-state index in [9.17, 15) is 5.11 Å². The number of phenols is 1.